The van der Waals surface area contributed by atoms with Gasteiger partial charge in [0.1, 0.15) is 5.82 Å². The summed E-state index contributed by atoms with van der Waals surface area (Å²) in [6, 6.07) is 10.1. The second kappa shape index (κ2) is 5.86. The minimum Gasteiger partial charge on any atom is -0.385 e. The molecule has 0 bridgehead atoms. The molecule has 0 saturated heterocycles. The van der Waals surface area contributed by atoms with Crippen LogP contribution < -0.4 is 5.32 Å². The van der Waals surface area contributed by atoms with Crippen molar-refractivity contribution in [3.05, 3.63) is 63.9 Å². The molecule has 0 atom stereocenters. The molecule has 0 fully saturated rings. The van der Waals surface area contributed by atoms with Gasteiger partial charge in [0.25, 0.3) is 0 Å². The van der Waals surface area contributed by atoms with Crippen LogP contribution in [0.5, 0.6) is 0 Å². The Bertz CT molecular complexity index is 699. The highest BCUT2D eigenvalue weighted by Crippen LogP contribution is 2.24. The summed E-state index contributed by atoms with van der Waals surface area (Å²) in [5.74, 6) is -0.446. The maximum Gasteiger partial charge on any atom is 0.167 e. The van der Waals surface area contributed by atoms with Gasteiger partial charge in [-0.3, -0.25) is 4.79 Å². The molecule has 2 aromatic carbocycles. The Morgan fingerprint density at radius 3 is 2.90 bits per heavy atom. The van der Waals surface area contributed by atoms with Gasteiger partial charge in [0.05, 0.1) is 5.02 Å². The normalized spacial score (nSPS) is 13.4. The van der Waals surface area contributed by atoms with Crippen molar-refractivity contribution >= 4 is 23.1 Å². The van der Waals surface area contributed by atoms with E-state index in [1.807, 2.05) is 18.2 Å². The fourth-order valence-corrected chi connectivity index (χ4v) is 2.79. The first-order valence-corrected chi connectivity index (χ1v) is 7.35. The van der Waals surface area contributed by atoms with Crippen molar-refractivity contribution in [3.8, 4) is 0 Å². The van der Waals surface area contributed by atoms with Crippen LogP contribution in [-0.2, 0) is 12.8 Å². The van der Waals surface area contributed by atoms with Crippen molar-refractivity contribution < 1.29 is 9.18 Å². The van der Waals surface area contributed by atoms with Crippen molar-refractivity contribution in [2.75, 3.05) is 11.9 Å². The lowest BCUT2D eigenvalue weighted by molar-refractivity contribution is 0.0993. The van der Waals surface area contributed by atoms with Gasteiger partial charge in [-0.15, -0.1) is 0 Å². The van der Waals surface area contributed by atoms with Crippen LogP contribution in [0.3, 0.4) is 0 Å². The summed E-state index contributed by atoms with van der Waals surface area (Å²) >= 11 is 5.74. The predicted octanol–water partition coefficient (Wildman–Crippen LogP) is 4.26. The number of anilines is 1. The molecule has 0 aromatic heterocycles. The number of fused-ring (bicyclic) bond motifs is 1. The molecule has 1 heterocycles. The number of hydrogen-bond acceptors (Lipinski definition) is 2. The molecule has 1 aliphatic rings. The number of hydrogen-bond donors (Lipinski definition) is 1. The molecule has 0 spiro atoms. The second-order valence-corrected chi connectivity index (χ2v) is 5.66. The summed E-state index contributed by atoms with van der Waals surface area (Å²) in [6.45, 7) is 0.981. The van der Waals surface area contributed by atoms with Gasteiger partial charge in [0, 0.05) is 24.2 Å². The van der Waals surface area contributed by atoms with Gasteiger partial charge >= 0.3 is 0 Å². The van der Waals surface area contributed by atoms with Crippen LogP contribution >= 0.6 is 11.6 Å². The number of nitrogens with one attached hydrogen (secondary N) is 1. The first kappa shape index (κ1) is 14.1. The molecule has 0 amide bonds. The predicted molar refractivity (Wildman–Crippen MR) is 82.7 cm³/mol. The van der Waals surface area contributed by atoms with Gasteiger partial charge < -0.3 is 5.32 Å². The number of benzene rings is 2. The first-order chi connectivity index (χ1) is 10.1. The lowest BCUT2D eigenvalue weighted by Gasteiger charge is -2.18. The average molecular weight is 304 g/mol. The van der Waals surface area contributed by atoms with Crippen molar-refractivity contribution in [2.45, 2.75) is 19.3 Å². The first-order valence-electron chi connectivity index (χ1n) is 6.97. The molecule has 0 saturated carbocycles. The van der Waals surface area contributed by atoms with Crippen LogP contribution in [0.1, 0.15) is 27.9 Å². The maximum absolute atomic E-state index is 13.1. The van der Waals surface area contributed by atoms with Crippen LogP contribution in [-0.4, -0.2) is 12.3 Å². The Balaban J connectivity index is 1.80. The zero-order valence-electron chi connectivity index (χ0n) is 11.5. The lowest BCUT2D eigenvalue weighted by atomic mass is 9.97. The Kier molecular flexibility index (Phi) is 3.93. The van der Waals surface area contributed by atoms with E-state index in [-0.39, 0.29) is 17.2 Å². The largest absolute Gasteiger partial charge is 0.385 e. The second-order valence-electron chi connectivity index (χ2n) is 5.25. The topological polar surface area (TPSA) is 29.1 Å². The van der Waals surface area contributed by atoms with E-state index in [0.29, 0.717) is 5.56 Å². The number of ketones is 1. The molecule has 0 aliphatic carbocycles. The SMILES string of the molecule is O=C(Cc1ccc(F)c(Cl)c1)c1ccc2c(c1)CCCN2. The molecule has 4 heteroatoms. The minimum absolute atomic E-state index is 0.0195. The molecular formula is C17H15ClFNO. The molecule has 2 aromatic rings. The third-order valence-corrected chi connectivity index (χ3v) is 4.00. The van der Waals surface area contributed by atoms with Gasteiger partial charge in [-0.25, -0.2) is 4.39 Å². The third kappa shape index (κ3) is 3.08. The van der Waals surface area contributed by atoms with Crippen LogP contribution in [0.4, 0.5) is 10.1 Å². The van der Waals surface area contributed by atoms with Crippen LogP contribution in [0.2, 0.25) is 5.02 Å². The van der Waals surface area contributed by atoms with Gasteiger partial charge in [-0.1, -0.05) is 17.7 Å². The molecule has 0 radical (unpaired) electrons. The average Bonchev–Trinajstić information content (AvgIpc) is 2.50. The summed E-state index contributed by atoms with van der Waals surface area (Å²) in [7, 11) is 0. The quantitative estimate of drug-likeness (QED) is 0.858. The Morgan fingerprint density at radius 2 is 2.10 bits per heavy atom. The van der Waals surface area contributed by atoms with E-state index in [1.165, 1.54) is 17.7 Å². The van der Waals surface area contributed by atoms with E-state index in [0.717, 1.165) is 30.6 Å². The number of halogens is 2. The minimum atomic E-state index is -0.465. The summed E-state index contributed by atoms with van der Waals surface area (Å²) < 4.78 is 13.1. The number of carbonyl (C=O) groups is 1. The fourth-order valence-electron chi connectivity index (χ4n) is 2.59. The zero-order valence-corrected chi connectivity index (χ0v) is 12.2. The maximum atomic E-state index is 13.1. The van der Waals surface area contributed by atoms with E-state index in [9.17, 15) is 9.18 Å². The molecule has 1 aliphatic heterocycles. The highest BCUT2D eigenvalue weighted by atomic mass is 35.5. The molecule has 21 heavy (non-hydrogen) atoms. The van der Waals surface area contributed by atoms with Crippen molar-refractivity contribution in [3.63, 3.8) is 0 Å². The number of aryl methyl sites for hydroxylation is 1. The van der Waals surface area contributed by atoms with Crippen LogP contribution in [0, 0.1) is 5.82 Å². The van der Waals surface area contributed by atoms with Gasteiger partial charge in [0.2, 0.25) is 0 Å². The summed E-state index contributed by atoms with van der Waals surface area (Å²) in [6.07, 6.45) is 2.30. The van der Waals surface area contributed by atoms with Gasteiger partial charge in [0.15, 0.2) is 5.78 Å². The molecule has 0 unspecified atom stereocenters. The van der Waals surface area contributed by atoms with Crippen LogP contribution in [0.25, 0.3) is 0 Å². The lowest BCUT2D eigenvalue weighted by Crippen LogP contribution is -2.13. The van der Waals surface area contributed by atoms with E-state index >= 15 is 0 Å². The summed E-state index contributed by atoms with van der Waals surface area (Å²) in [5, 5.41) is 3.37. The van der Waals surface area contributed by atoms with Gasteiger partial charge in [-0.2, -0.15) is 0 Å². The van der Waals surface area contributed by atoms with E-state index in [2.05, 4.69) is 5.32 Å². The third-order valence-electron chi connectivity index (χ3n) is 3.71. The smallest absolute Gasteiger partial charge is 0.167 e. The van der Waals surface area contributed by atoms with Crippen molar-refractivity contribution in [2.24, 2.45) is 0 Å². The molecule has 2 nitrogen and oxygen atoms in total. The number of Topliss-reactive ketones (excluding diaryl/α,β-unsaturated/α-hetero) is 1. The number of rotatable bonds is 3. The molecular weight excluding hydrogens is 289 g/mol. The molecule has 108 valence electrons. The Morgan fingerprint density at radius 1 is 1.24 bits per heavy atom. The highest BCUT2D eigenvalue weighted by Gasteiger charge is 2.13. The zero-order chi connectivity index (χ0) is 14.8. The van der Waals surface area contributed by atoms with E-state index in [1.54, 1.807) is 6.07 Å². The fraction of sp³-hybridized carbons (Fsp3) is 0.235. The van der Waals surface area contributed by atoms with Crippen molar-refractivity contribution in [1.82, 2.24) is 0 Å². The summed E-state index contributed by atoms with van der Waals surface area (Å²) in [4.78, 5) is 12.3. The van der Waals surface area contributed by atoms with Gasteiger partial charge in [-0.05, 0) is 54.3 Å². The standard InChI is InChI=1S/C17H15ClFNO/c18-14-8-11(3-5-15(14)19)9-17(21)13-4-6-16-12(10-13)2-1-7-20-16/h3-6,8,10,20H,1-2,7,9H2. The molecule has 3 rings (SSSR count). The van der Waals surface area contributed by atoms with E-state index < -0.39 is 5.82 Å². The highest BCUT2D eigenvalue weighted by molar-refractivity contribution is 6.30. The Hall–Kier alpha value is -1.87. The summed E-state index contributed by atoms with van der Waals surface area (Å²) in [5.41, 5.74) is 3.71. The number of carbonyl (C=O) groups excluding carboxylic acids is 1. The van der Waals surface area contributed by atoms with Crippen LogP contribution in [0.15, 0.2) is 36.4 Å². The molecule has 1 N–H and O–H groups in total. The van der Waals surface area contributed by atoms with Crippen molar-refractivity contribution in [1.29, 1.82) is 0 Å². The monoisotopic (exact) mass is 303 g/mol. The van der Waals surface area contributed by atoms with E-state index in [4.69, 9.17) is 11.6 Å². The Labute approximate surface area is 127 Å².